The number of hydrogen-bond donors (Lipinski definition) is 1. The zero-order valence-electron chi connectivity index (χ0n) is 10.1. The molecule has 0 amide bonds. The van der Waals surface area contributed by atoms with Crippen LogP contribution in [0.5, 0.6) is 5.75 Å². The third-order valence-corrected chi connectivity index (χ3v) is 4.10. The van der Waals surface area contributed by atoms with Crippen molar-refractivity contribution in [2.75, 3.05) is 12.4 Å². The fourth-order valence-electron chi connectivity index (χ4n) is 1.57. The minimum atomic E-state index is -0.442. The van der Waals surface area contributed by atoms with Crippen molar-refractivity contribution in [3.8, 4) is 5.75 Å². The summed E-state index contributed by atoms with van der Waals surface area (Å²) >= 11 is 5.04. The van der Waals surface area contributed by atoms with Crippen LogP contribution in [0.4, 0.5) is 11.4 Å². The number of nitrogens with zero attached hydrogens (tertiary/aromatic N) is 1. The number of nitrogens with one attached hydrogen (secondary N) is 1. The second-order valence-corrected chi connectivity index (χ2v) is 6.25. The smallest absolute Gasteiger partial charge is 0.273 e. The van der Waals surface area contributed by atoms with Crippen LogP contribution in [0, 0.1) is 10.1 Å². The molecule has 0 radical (unpaired) electrons. The van der Waals surface area contributed by atoms with Crippen molar-refractivity contribution in [1.82, 2.24) is 0 Å². The van der Waals surface area contributed by atoms with Crippen molar-refractivity contribution in [2.24, 2.45) is 0 Å². The van der Waals surface area contributed by atoms with Gasteiger partial charge in [0.05, 0.1) is 27.6 Å². The first-order valence-corrected chi connectivity index (χ1v) is 7.01. The summed E-state index contributed by atoms with van der Waals surface area (Å²) < 4.78 is 6.23. The Labute approximate surface area is 122 Å². The number of non-ortho nitro benzene ring substituents is 1. The molecule has 100 valence electrons. The zero-order valence-corrected chi connectivity index (χ0v) is 12.5. The Morgan fingerprint density at radius 3 is 2.79 bits per heavy atom. The van der Waals surface area contributed by atoms with E-state index >= 15 is 0 Å². The summed E-state index contributed by atoms with van der Waals surface area (Å²) in [5.41, 5.74) is 0.749. The van der Waals surface area contributed by atoms with Crippen molar-refractivity contribution < 1.29 is 9.66 Å². The van der Waals surface area contributed by atoms with E-state index in [1.54, 1.807) is 17.4 Å². The summed E-state index contributed by atoms with van der Waals surface area (Å²) in [4.78, 5) is 11.4. The molecule has 0 atom stereocenters. The van der Waals surface area contributed by atoms with E-state index in [2.05, 4.69) is 21.2 Å². The molecule has 5 nitrogen and oxygen atoms in total. The van der Waals surface area contributed by atoms with E-state index in [1.807, 2.05) is 12.1 Å². The summed E-state index contributed by atoms with van der Waals surface area (Å²) in [5.74, 6) is 0.463. The molecule has 2 rings (SSSR count). The van der Waals surface area contributed by atoms with Gasteiger partial charge in [0.25, 0.3) is 5.69 Å². The molecular formula is C12H11BrN2O3S. The minimum absolute atomic E-state index is 0.0151. The summed E-state index contributed by atoms with van der Waals surface area (Å²) in [6.07, 6.45) is 0. The summed E-state index contributed by atoms with van der Waals surface area (Å²) in [7, 11) is 1.49. The number of ether oxygens (including phenoxy) is 1. The van der Waals surface area contributed by atoms with Gasteiger partial charge in [-0.2, -0.15) is 0 Å². The van der Waals surface area contributed by atoms with E-state index in [9.17, 15) is 10.1 Å². The number of nitro benzene ring substituents is 1. The van der Waals surface area contributed by atoms with Crippen LogP contribution < -0.4 is 10.1 Å². The molecular weight excluding hydrogens is 332 g/mol. The second kappa shape index (κ2) is 6.03. The molecule has 0 bridgehead atoms. The average molecular weight is 343 g/mol. The third kappa shape index (κ3) is 3.45. The summed E-state index contributed by atoms with van der Waals surface area (Å²) in [5, 5.41) is 13.9. The molecule has 1 heterocycles. The molecule has 0 unspecified atom stereocenters. The van der Waals surface area contributed by atoms with E-state index in [1.165, 1.54) is 19.2 Å². The number of rotatable bonds is 5. The van der Waals surface area contributed by atoms with Crippen molar-refractivity contribution in [3.63, 3.8) is 0 Å². The number of halogens is 1. The Morgan fingerprint density at radius 1 is 1.42 bits per heavy atom. The molecule has 2 aromatic rings. The highest BCUT2D eigenvalue weighted by atomic mass is 79.9. The first-order valence-electron chi connectivity index (χ1n) is 5.40. The number of anilines is 1. The minimum Gasteiger partial charge on any atom is -0.494 e. The highest BCUT2D eigenvalue weighted by molar-refractivity contribution is 9.11. The molecule has 0 aliphatic carbocycles. The normalized spacial score (nSPS) is 10.2. The van der Waals surface area contributed by atoms with Crippen LogP contribution in [0.2, 0.25) is 0 Å². The fourth-order valence-corrected chi connectivity index (χ4v) is 2.99. The number of thiophene rings is 1. The SMILES string of the molecule is COc1cc([N+](=O)[O-])ccc1NCc1ccc(Br)s1. The Bertz CT molecular complexity index is 600. The van der Waals surface area contributed by atoms with Crippen LogP contribution in [0.1, 0.15) is 4.88 Å². The van der Waals surface area contributed by atoms with Gasteiger partial charge in [-0.1, -0.05) is 0 Å². The van der Waals surface area contributed by atoms with Crippen molar-refractivity contribution in [3.05, 3.63) is 49.1 Å². The van der Waals surface area contributed by atoms with Gasteiger partial charge in [-0.15, -0.1) is 11.3 Å². The fraction of sp³-hybridized carbons (Fsp3) is 0.167. The van der Waals surface area contributed by atoms with E-state index in [4.69, 9.17) is 4.74 Å². The largest absolute Gasteiger partial charge is 0.494 e. The number of methoxy groups -OCH3 is 1. The first kappa shape index (κ1) is 13.8. The molecule has 0 fully saturated rings. The van der Waals surface area contributed by atoms with Gasteiger partial charge in [0.15, 0.2) is 0 Å². The molecule has 1 N–H and O–H groups in total. The third-order valence-electron chi connectivity index (χ3n) is 2.48. The standard InChI is InChI=1S/C12H11BrN2O3S/c1-18-11-6-8(15(16)17)2-4-10(11)14-7-9-3-5-12(13)19-9/h2-6,14H,7H2,1H3. The summed E-state index contributed by atoms with van der Waals surface area (Å²) in [6.45, 7) is 0.643. The summed E-state index contributed by atoms with van der Waals surface area (Å²) in [6, 6.07) is 8.51. The van der Waals surface area contributed by atoms with E-state index in [0.29, 0.717) is 12.3 Å². The van der Waals surface area contributed by atoms with Crippen LogP contribution in [0.25, 0.3) is 0 Å². The quantitative estimate of drug-likeness (QED) is 0.657. The van der Waals surface area contributed by atoms with Gasteiger partial charge in [0, 0.05) is 17.5 Å². The molecule has 1 aromatic carbocycles. The van der Waals surface area contributed by atoms with Gasteiger partial charge in [0.1, 0.15) is 5.75 Å². The van der Waals surface area contributed by atoms with Crippen LogP contribution in [-0.4, -0.2) is 12.0 Å². The molecule has 0 aliphatic heterocycles. The lowest BCUT2D eigenvalue weighted by atomic mass is 10.2. The lowest BCUT2D eigenvalue weighted by molar-refractivity contribution is -0.384. The Hall–Kier alpha value is -1.60. The lowest BCUT2D eigenvalue weighted by Crippen LogP contribution is -2.00. The Morgan fingerprint density at radius 2 is 2.21 bits per heavy atom. The number of benzene rings is 1. The Kier molecular flexibility index (Phi) is 4.39. The first-order chi connectivity index (χ1) is 9.10. The number of hydrogen-bond acceptors (Lipinski definition) is 5. The van der Waals surface area contributed by atoms with Gasteiger partial charge in [-0.25, -0.2) is 0 Å². The topological polar surface area (TPSA) is 64.4 Å². The highest BCUT2D eigenvalue weighted by Gasteiger charge is 2.11. The van der Waals surface area contributed by atoms with Gasteiger partial charge in [-0.3, -0.25) is 10.1 Å². The second-order valence-electron chi connectivity index (χ2n) is 3.70. The van der Waals surface area contributed by atoms with E-state index in [0.717, 1.165) is 14.4 Å². The van der Waals surface area contributed by atoms with Crippen molar-refractivity contribution >= 4 is 38.6 Å². The van der Waals surface area contributed by atoms with Crippen molar-refractivity contribution in [2.45, 2.75) is 6.54 Å². The predicted octanol–water partition coefficient (Wildman–Crippen LogP) is 4.04. The predicted molar refractivity (Wildman–Crippen MR) is 79.0 cm³/mol. The van der Waals surface area contributed by atoms with Gasteiger partial charge < -0.3 is 10.1 Å². The van der Waals surface area contributed by atoms with Crippen LogP contribution in [0.3, 0.4) is 0 Å². The highest BCUT2D eigenvalue weighted by Crippen LogP contribution is 2.30. The Balaban J connectivity index is 2.13. The maximum Gasteiger partial charge on any atom is 0.273 e. The molecule has 0 spiro atoms. The van der Waals surface area contributed by atoms with Crippen molar-refractivity contribution in [1.29, 1.82) is 0 Å². The molecule has 0 aliphatic rings. The maximum absolute atomic E-state index is 10.7. The molecule has 7 heteroatoms. The molecule has 1 aromatic heterocycles. The molecule has 0 saturated heterocycles. The van der Waals surface area contributed by atoms with E-state index < -0.39 is 4.92 Å². The maximum atomic E-state index is 10.7. The molecule has 19 heavy (non-hydrogen) atoms. The van der Waals surface area contributed by atoms with Gasteiger partial charge >= 0.3 is 0 Å². The van der Waals surface area contributed by atoms with Crippen LogP contribution in [0.15, 0.2) is 34.1 Å². The van der Waals surface area contributed by atoms with Crippen LogP contribution >= 0.6 is 27.3 Å². The average Bonchev–Trinajstić information content (AvgIpc) is 2.81. The van der Waals surface area contributed by atoms with Gasteiger partial charge in [-0.05, 0) is 34.1 Å². The zero-order chi connectivity index (χ0) is 13.8. The number of nitro groups is 1. The van der Waals surface area contributed by atoms with Crippen LogP contribution in [-0.2, 0) is 6.54 Å². The lowest BCUT2D eigenvalue weighted by Gasteiger charge is -2.09. The van der Waals surface area contributed by atoms with E-state index in [-0.39, 0.29) is 5.69 Å². The molecule has 0 saturated carbocycles. The van der Waals surface area contributed by atoms with Gasteiger partial charge in [0.2, 0.25) is 0 Å². The monoisotopic (exact) mass is 342 g/mol.